The van der Waals surface area contributed by atoms with Crippen molar-refractivity contribution in [3.63, 3.8) is 0 Å². The van der Waals surface area contributed by atoms with Crippen molar-refractivity contribution in [1.29, 1.82) is 0 Å². The molecule has 0 radical (unpaired) electrons. The van der Waals surface area contributed by atoms with Crippen molar-refractivity contribution in [2.45, 2.75) is 46.3 Å². The van der Waals surface area contributed by atoms with Crippen LogP contribution in [-0.2, 0) is 18.6 Å². The maximum absolute atomic E-state index is 10.7. The van der Waals surface area contributed by atoms with Crippen LogP contribution in [-0.4, -0.2) is 19.9 Å². The van der Waals surface area contributed by atoms with Crippen LogP contribution in [0.5, 0.6) is 0 Å². The Morgan fingerprint density at radius 1 is 1.26 bits per heavy atom. The second-order valence-electron chi connectivity index (χ2n) is 5.24. The molecule has 0 aliphatic carbocycles. The summed E-state index contributed by atoms with van der Waals surface area (Å²) in [5.41, 5.74) is 2.41. The van der Waals surface area contributed by atoms with Gasteiger partial charge in [0, 0.05) is 13.0 Å². The zero-order chi connectivity index (χ0) is 14.0. The Labute approximate surface area is 114 Å². The maximum atomic E-state index is 10.7. The van der Waals surface area contributed by atoms with Gasteiger partial charge in [0.05, 0.1) is 5.60 Å². The summed E-state index contributed by atoms with van der Waals surface area (Å²) in [7, 11) is 0. The van der Waals surface area contributed by atoms with E-state index in [1.807, 2.05) is 36.7 Å². The first kappa shape index (κ1) is 13.7. The summed E-state index contributed by atoms with van der Waals surface area (Å²) in [4.78, 5) is 4.23. The summed E-state index contributed by atoms with van der Waals surface area (Å²) in [6.07, 6.45) is 2.00. The highest BCUT2D eigenvalue weighted by Crippen LogP contribution is 2.26. The minimum Gasteiger partial charge on any atom is -0.385 e. The summed E-state index contributed by atoms with van der Waals surface area (Å²) in [5.74, 6) is 0.811. The van der Waals surface area contributed by atoms with Gasteiger partial charge in [-0.1, -0.05) is 18.2 Å². The molecule has 1 heterocycles. The molecule has 0 amide bonds. The molecule has 102 valence electrons. The van der Waals surface area contributed by atoms with Crippen molar-refractivity contribution in [1.82, 2.24) is 14.8 Å². The molecule has 2 rings (SSSR count). The minimum absolute atomic E-state index is 0.462. The van der Waals surface area contributed by atoms with Crippen LogP contribution in [0.2, 0.25) is 0 Å². The average molecular weight is 259 g/mol. The van der Waals surface area contributed by atoms with Crippen LogP contribution in [0.25, 0.3) is 0 Å². The maximum Gasteiger partial charge on any atom is 0.138 e. The molecular formula is C15H21N3O. The van der Waals surface area contributed by atoms with E-state index >= 15 is 0 Å². The number of nitrogens with zero attached hydrogens (tertiary/aromatic N) is 3. The highest BCUT2D eigenvalue weighted by molar-refractivity contribution is 5.33. The normalized spacial score (nSPS) is 14.4. The van der Waals surface area contributed by atoms with Gasteiger partial charge in [0.2, 0.25) is 0 Å². The summed E-state index contributed by atoms with van der Waals surface area (Å²) in [6, 6.07) is 6.07. The van der Waals surface area contributed by atoms with E-state index < -0.39 is 5.60 Å². The summed E-state index contributed by atoms with van der Waals surface area (Å²) < 4.78 is 1.81. The lowest BCUT2D eigenvalue weighted by atomic mass is 9.90. The number of aryl methyl sites for hydroxylation is 3. The van der Waals surface area contributed by atoms with Gasteiger partial charge < -0.3 is 5.11 Å². The quantitative estimate of drug-likeness (QED) is 0.917. The van der Waals surface area contributed by atoms with Crippen molar-refractivity contribution in [3.8, 4) is 0 Å². The zero-order valence-electron chi connectivity index (χ0n) is 12.0. The first-order valence-electron chi connectivity index (χ1n) is 6.61. The Balaban J connectivity index is 2.29. The number of hydrogen-bond acceptors (Lipinski definition) is 3. The fourth-order valence-corrected chi connectivity index (χ4v) is 2.18. The molecule has 1 unspecified atom stereocenters. The van der Waals surface area contributed by atoms with Gasteiger partial charge >= 0.3 is 0 Å². The molecule has 1 atom stereocenters. The van der Waals surface area contributed by atoms with Crippen molar-refractivity contribution >= 4 is 0 Å². The summed E-state index contributed by atoms with van der Waals surface area (Å²) in [5, 5.41) is 14.9. The molecule has 4 nitrogen and oxygen atoms in total. The van der Waals surface area contributed by atoms with Crippen LogP contribution in [0.3, 0.4) is 0 Å². The van der Waals surface area contributed by atoms with E-state index in [0.29, 0.717) is 6.42 Å². The average Bonchev–Trinajstić information content (AvgIpc) is 2.79. The Bertz CT molecular complexity index is 573. The van der Waals surface area contributed by atoms with Crippen molar-refractivity contribution in [2.24, 2.45) is 0 Å². The second-order valence-corrected chi connectivity index (χ2v) is 5.24. The Hall–Kier alpha value is -1.68. The molecule has 0 aliphatic rings. The molecule has 2 aromatic rings. The van der Waals surface area contributed by atoms with Crippen LogP contribution < -0.4 is 0 Å². The van der Waals surface area contributed by atoms with Gasteiger partial charge in [-0.15, -0.1) is 0 Å². The molecule has 0 saturated heterocycles. The van der Waals surface area contributed by atoms with E-state index in [9.17, 15) is 5.11 Å². The fourth-order valence-electron chi connectivity index (χ4n) is 2.18. The lowest BCUT2D eigenvalue weighted by Gasteiger charge is -2.24. The Morgan fingerprint density at radius 2 is 2.00 bits per heavy atom. The van der Waals surface area contributed by atoms with Crippen molar-refractivity contribution in [3.05, 3.63) is 47.0 Å². The highest BCUT2D eigenvalue weighted by atomic mass is 16.3. The number of hydrogen-bond donors (Lipinski definition) is 1. The lowest BCUT2D eigenvalue weighted by Crippen LogP contribution is -2.26. The zero-order valence-corrected chi connectivity index (χ0v) is 12.0. The third kappa shape index (κ3) is 2.84. The second kappa shape index (κ2) is 5.13. The van der Waals surface area contributed by atoms with E-state index in [-0.39, 0.29) is 0 Å². The topological polar surface area (TPSA) is 50.9 Å². The largest absolute Gasteiger partial charge is 0.385 e. The van der Waals surface area contributed by atoms with E-state index in [0.717, 1.165) is 17.9 Å². The molecule has 4 heteroatoms. The van der Waals surface area contributed by atoms with Crippen LogP contribution in [0.4, 0.5) is 0 Å². The summed E-state index contributed by atoms with van der Waals surface area (Å²) in [6.45, 7) is 8.73. The molecule has 1 aromatic heterocycles. The van der Waals surface area contributed by atoms with E-state index in [2.05, 4.69) is 23.9 Å². The van der Waals surface area contributed by atoms with Gasteiger partial charge in [-0.3, -0.25) is 4.68 Å². The van der Waals surface area contributed by atoms with Gasteiger partial charge in [-0.2, -0.15) is 5.10 Å². The van der Waals surface area contributed by atoms with Crippen LogP contribution in [0.15, 0.2) is 24.5 Å². The van der Waals surface area contributed by atoms with Gasteiger partial charge in [0.15, 0.2) is 0 Å². The standard InChI is InChI=1S/C15H21N3O/c1-5-18-14(16-10-17-18)9-15(4,19)13-7-6-11(2)12(3)8-13/h6-8,10,19H,5,9H2,1-4H3. The highest BCUT2D eigenvalue weighted by Gasteiger charge is 2.26. The number of rotatable bonds is 4. The molecule has 0 bridgehead atoms. The van der Waals surface area contributed by atoms with Gasteiger partial charge in [-0.05, 0) is 44.4 Å². The van der Waals surface area contributed by atoms with Gasteiger partial charge in [0.25, 0.3) is 0 Å². The molecule has 0 fully saturated rings. The molecule has 0 saturated carbocycles. The van der Waals surface area contributed by atoms with Crippen LogP contribution >= 0.6 is 0 Å². The number of aromatic nitrogens is 3. The summed E-state index contributed by atoms with van der Waals surface area (Å²) >= 11 is 0. The van der Waals surface area contributed by atoms with E-state index in [1.54, 1.807) is 0 Å². The third-order valence-corrected chi connectivity index (χ3v) is 3.63. The Kier molecular flexibility index (Phi) is 3.71. The van der Waals surface area contributed by atoms with Crippen LogP contribution in [0, 0.1) is 13.8 Å². The monoisotopic (exact) mass is 259 g/mol. The molecule has 1 N–H and O–H groups in total. The van der Waals surface area contributed by atoms with Crippen molar-refractivity contribution < 1.29 is 5.11 Å². The van der Waals surface area contributed by atoms with E-state index in [4.69, 9.17) is 0 Å². The first-order valence-corrected chi connectivity index (χ1v) is 6.61. The van der Waals surface area contributed by atoms with Gasteiger partial charge in [-0.25, -0.2) is 4.98 Å². The molecule has 0 aliphatic heterocycles. The fraction of sp³-hybridized carbons (Fsp3) is 0.467. The predicted molar refractivity (Wildman–Crippen MR) is 74.9 cm³/mol. The lowest BCUT2D eigenvalue weighted by molar-refractivity contribution is 0.0542. The van der Waals surface area contributed by atoms with Gasteiger partial charge in [0.1, 0.15) is 12.2 Å². The predicted octanol–water partition coefficient (Wildman–Crippen LogP) is 2.37. The molecule has 0 spiro atoms. The SMILES string of the molecule is CCn1ncnc1CC(C)(O)c1ccc(C)c(C)c1. The first-order chi connectivity index (χ1) is 8.94. The van der Waals surface area contributed by atoms with Crippen LogP contribution in [0.1, 0.15) is 36.4 Å². The number of benzene rings is 1. The molecule has 19 heavy (non-hydrogen) atoms. The van der Waals surface area contributed by atoms with E-state index in [1.165, 1.54) is 17.5 Å². The third-order valence-electron chi connectivity index (χ3n) is 3.63. The smallest absolute Gasteiger partial charge is 0.138 e. The number of aliphatic hydroxyl groups is 1. The Morgan fingerprint density at radius 3 is 2.63 bits per heavy atom. The molecule has 1 aromatic carbocycles. The minimum atomic E-state index is -0.932. The van der Waals surface area contributed by atoms with Crippen molar-refractivity contribution in [2.75, 3.05) is 0 Å². The molecular weight excluding hydrogens is 238 g/mol.